The van der Waals surface area contributed by atoms with Gasteiger partial charge in [-0.1, -0.05) is 6.07 Å². The van der Waals surface area contributed by atoms with Crippen molar-refractivity contribution in [1.29, 1.82) is 0 Å². The first-order valence-corrected chi connectivity index (χ1v) is 10.8. The van der Waals surface area contributed by atoms with Gasteiger partial charge in [0.15, 0.2) is 0 Å². The number of urea groups is 1. The van der Waals surface area contributed by atoms with Gasteiger partial charge < -0.3 is 24.7 Å². The highest BCUT2D eigenvalue weighted by Gasteiger charge is 2.30. The molecule has 0 spiro atoms. The van der Waals surface area contributed by atoms with Crippen LogP contribution in [0.3, 0.4) is 0 Å². The number of nitrogens with one attached hydrogen (secondary N) is 2. The molecule has 0 saturated carbocycles. The molecule has 7 nitrogen and oxygen atoms in total. The van der Waals surface area contributed by atoms with E-state index in [1.807, 2.05) is 0 Å². The molecule has 1 aliphatic rings. The summed E-state index contributed by atoms with van der Waals surface area (Å²) < 4.78 is 50.2. The minimum atomic E-state index is -4.54. The quantitative estimate of drug-likeness (QED) is 0.505. The van der Waals surface area contributed by atoms with Gasteiger partial charge in [-0.15, -0.1) is 0 Å². The summed E-state index contributed by atoms with van der Waals surface area (Å²) in [6.45, 7) is 3.69. The Balaban J connectivity index is 1.50. The summed E-state index contributed by atoms with van der Waals surface area (Å²) in [6, 6.07) is 8.30. The molecule has 2 aromatic carbocycles. The van der Waals surface area contributed by atoms with E-state index < -0.39 is 23.4 Å². The highest BCUT2D eigenvalue weighted by atomic mass is 19.4. The van der Waals surface area contributed by atoms with Gasteiger partial charge in [-0.2, -0.15) is 13.2 Å². The number of halogens is 3. The Kier molecular flexibility index (Phi) is 6.52. The van der Waals surface area contributed by atoms with Crippen LogP contribution in [0.4, 0.5) is 29.3 Å². The number of hydrogen-bond donors (Lipinski definition) is 2. The monoisotopic (exact) mass is 475 g/mol. The minimum absolute atomic E-state index is 0.0657. The van der Waals surface area contributed by atoms with Crippen molar-refractivity contribution in [2.24, 2.45) is 0 Å². The molecule has 4 rings (SSSR count). The third-order valence-electron chi connectivity index (χ3n) is 5.76. The lowest BCUT2D eigenvalue weighted by Crippen LogP contribution is -2.35. The topological polar surface area (TPSA) is 83.8 Å². The number of carbonyl (C=O) groups is 1. The van der Waals surface area contributed by atoms with Crippen molar-refractivity contribution in [1.82, 2.24) is 4.90 Å². The number of nitrogens with zero attached hydrogens (tertiary/aromatic N) is 1. The molecule has 0 atom stereocenters. The maximum atomic E-state index is 12.9. The predicted octanol–water partition coefficient (Wildman–Crippen LogP) is 5.24. The lowest BCUT2D eigenvalue weighted by atomic mass is 10.1. The molecule has 10 heteroatoms. The summed E-state index contributed by atoms with van der Waals surface area (Å²) in [5.74, 6) is 0.633. The van der Waals surface area contributed by atoms with Crippen molar-refractivity contribution in [2.45, 2.75) is 32.0 Å². The average Bonchev–Trinajstić information content (AvgIpc) is 2.78. The van der Waals surface area contributed by atoms with Crippen LogP contribution in [-0.2, 0) is 6.18 Å². The fraction of sp³-hybridized carbons (Fsp3) is 0.333. The normalized spacial score (nSPS) is 15.3. The van der Waals surface area contributed by atoms with Gasteiger partial charge in [0.25, 0.3) is 0 Å². The molecule has 2 heterocycles. The Bertz CT molecular complexity index is 1260. The van der Waals surface area contributed by atoms with Crippen molar-refractivity contribution in [3.63, 3.8) is 0 Å². The maximum absolute atomic E-state index is 12.9. The summed E-state index contributed by atoms with van der Waals surface area (Å²) in [5, 5.41) is 5.20. The van der Waals surface area contributed by atoms with Gasteiger partial charge in [-0.25, -0.2) is 9.59 Å². The number of fused-ring (bicyclic) bond motifs is 1. The van der Waals surface area contributed by atoms with Gasteiger partial charge in [0.2, 0.25) is 0 Å². The zero-order valence-corrected chi connectivity index (χ0v) is 18.7. The Morgan fingerprint density at radius 1 is 1.12 bits per heavy atom. The Morgan fingerprint density at radius 2 is 1.85 bits per heavy atom. The zero-order chi connectivity index (χ0) is 24.5. The zero-order valence-electron chi connectivity index (χ0n) is 18.7. The van der Waals surface area contributed by atoms with Crippen molar-refractivity contribution in [3.05, 3.63) is 64.0 Å². The average molecular weight is 475 g/mol. The van der Waals surface area contributed by atoms with Crippen LogP contribution in [-0.4, -0.2) is 37.2 Å². The Morgan fingerprint density at radius 3 is 2.56 bits per heavy atom. The molecule has 1 aliphatic heterocycles. The van der Waals surface area contributed by atoms with E-state index in [0.29, 0.717) is 22.3 Å². The Labute approximate surface area is 193 Å². The molecule has 3 aromatic rings. The molecule has 2 N–H and O–H groups in total. The number of anilines is 2. The number of benzene rings is 2. The number of carbonyl (C=O) groups excluding carboxylic acids is 1. The lowest BCUT2D eigenvalue weighted by molar-refractivity contribution is -0.137. The van der Waals surface area contributed by atoms with Crippen LogP contribution in [0.2, 0.25) is 0 Å². The molecule has 0 aliphatic carbocycles. The van der Waals surface area contributed by atoms with E-state index in [-0.39, 0.29) is 17.5 Å². The highest BCUT2D eigenvalue weighted by Crippen LogP contribution is 2.31. The van der Waals surface area contributed by atoms with Crippen LogP contribution in [0, 0.1) is 6.92 Å². The lowest BCUT2D eigenvalue weighted by Gasteiger charge is -2.29. The molecule has 1 fully saturated rings. The summed E-state index contributed by atoms with van der Waals surface area (Å²) in [4.78, 5) is 27.0. The number of piperidine rings is 1. The van der Waals surface area contributed by atoms with Crippen LogP contribution in [0.25, 0.3) is 11.0 Å². The third kappa shape index (κ3) is 5.33. The van der Waals surface area contributed by atoms with Crippen molar-refractivity contribution in [2.75, 3.05) is 30.8 Å². The van der Waals surface area contributed by atoms with E-state index in [9.17, 15) is 22.8 Å². The van der Waals surface area contributed by atoms with E-state index in [4.69, 9.17) is 9.15 Å². The van der Waals surface area contributed by atoms with E-state index in [2.05, 4.69) is 22.6 Å². The largest absolute Gasteiger partial charge is 0.490 e. The van der Waals surface area contributed by atoms with Crippen LogP contribution in [0.5, 0.6) is 5.75 Å². The van der Waals surface area contributed by atoms with E-state index in [1.54, 1.807) is 19.1 Å². The molecular weight excluding hydrogens is 451 g/mol. The summed E-state index contributed by atoms with van der Waals surface area (Å²) in [6.07, 6.45) is -2.65. The van der Waals surface area contributed by atoms with E-state index >= 15 is 0 Å². The molecule has 0 unspecified atom stereocenters. The third-order valence-corrected chi connectivity index (χ3v) is 5.76. The number of hydrogen-bond acceptors (Lipinski definition) is 5. The second-order valence-corrected chi connectivity index (χ2v) is 8.33. The summed E-state index contributed by atoms with van der Waals surface area (Å²) >= 11 is 0. The van der Waals surface area contributed by atoms with Crippen LogP contribution < -0.4 is 21.0 Å². The van der Waals surface area contributed by atoms with E-state index in [0.717, 1.165) is 38.1 Å². The number of rotatable bonds is 4. The van der Waals surface area contributed by atoms with Crippen molar-refractivity contribution in [3.8, 4) is 5.75 Å². The molecule has 1 aromatic heterocycles. The number of alkyl halides is 3. The standard InChI is InChI=1S/C24H24F3N3O4/c1-14-20(33-18-8-10-30(2)11-9-18)7-6-15-12-19(22(31)34-21(14)15)29-23(32)28-17-5-3-4-16(13-17)24(25,26)27/h3-7,12-13,18H,8-11H2,1-2H3,(H2,28,29,32). The van der Waals surface area contributed by atoms with Gasteiger partial charge in [-0.3, -0.25) is 0 Å². The molecule has 2 amide bonds. The first-order valence-electron chi connectivity index (χ1n) is 10.8. The van der Waals surface area contributed by atoms with Gasteiger partial charge in [-0.05, 0) is 63.2 Å². The van der Waals surface area contributed by atoms with Crippen LogP contribution in [0.15, 0.2) is 51.7 Å². The molecule has 180 valence electrons. The highest BCUT2D eigenvalue weighted by molar-refractivity contribution is 6.00. The minimum Gasteiger partial charge on any atom is -0.490 e. The second kappa shape index (κ2) is 9.38. The fourth-order valence-electron chi connectivity index (χ4n) is 3.86. The molecule has 34 heavy (non-hydrogen) atoms. The summed E-state index contributed by atoms with van der Waals surface area (Å²) in [7, 11) is 2.07. The SMILES string of the molecule is Cc1c(OC2CCN(C)CC2)ccc2cc(NC(=O)Nc3cccc(C(F)(F)F)c3)c(=O)oc12. The number of likely N-dealkylation sites (tertiary alicyclic amines) is 1. The smallest absolute Gasteiger partial charge is 0.416 e. The molecule has 1 saturated heterocycles. The number of ether oxygens (including phenoxy) is 1. The molecular formula is C24H24F3N3O4. The van der Waals surface area contributed by atoms with Gasteiger partial charge in [0.05, 0.1) is 5.56 Å². The maximum Gasteiger partial charge on any atom is 0.416 e. The first kappa shape index (κ1) is 23.6. The first-order chi connectivity index (χ1) is 16.1. The number of amides is 2. The van der Waals surface area contributed by atoms with Crippen LogP contribution >= 0.6 is 0 Å². The predicted molar refractivity (Wildman–Crippen MR) is 122 cm³/mol. The van der Waals surface area contributed by atoms with E-state index in [1.165, 1.54) is 18.2 Å². The Hall–Kier alpha value is -3.53. The molecule has 0 radical (unpaired) electrons. The van der Waals surface area contributed by atoms with Crippen molar-refractivity contribution < 1.29 is 27.1 Å². The van der Waals surface area contributed by atoms with Gasteiger partial charge >= 0.3 is 17.8 Å². The van der Waals surface area contributed by atoms with Crippen LogP contribution in [0.1, 0.15) is 24.0 Å². The second-order valence-electron chi connectivity index (χ2n) is 8.33. The van der Waals surface area contributed by atoms with Gasteiger partial charge in [0, 0.05) is 29.7 Å². The summed E-state index contributed by atoms with van der Waals surface area (Å²) in [5.41, 5.74) is -0.868. The fourth-order valence-corrected chi connectivity index (χ4v) is 3.86. The molecule has 0 bridgehead atoms. The van der Waals surface area contributed by atoms with Gasteiger partial charge in [0.1, 0.15) is 23.1 Å². The van der Waals surface area contributed by atoms with Crippen molar-refractivity contribution >= 4 is 28.4 Å². The number of aryl methyl sites for hydroxylation is 1.